The molecule has 0 saturated carbocycles. The van der Waals surface area contributed by atoms with E-state index >= 15 is 0 Å². The molecular formula is C10H19N. The molecule has 0 aliphatic carbocycles. The molecule has 0 amide bonds. The van der Waals surface area contributed by atoms with Crippen LogP contribution in [0.4, 0.5) is 0 Å². The smallest absolute Gasteiger partial charge is 0.0370 e. The van der Waals surface area contributed by atoms with Gasteiger partial charge in [-0.3, -0.25) is 4.99 Å². The molecule has 0 aromatic rings. The zero-order chi connectivity index (χ0) is 8.69. The van der Waals surface area contributed by atoms with Crippen LogP contribution in [-0.4, -0.2) is 12.8 Å². The first kappa shape index (κ1) is 10.4. The second kappa shape index (κ2) is 6.14. The van der Waals surface area contributed by atoms with Crippen molar-refractivity contribution in [3.05, 3.63) is 11.6 Å². The topological polar surface area (TPSA) is 12.4 Å². The second-order valence-electron chi connectivity index (χ2n) is 2.75. The first-order valence-electron chi connectivity index (χ1n) is 4.35. The largest absolute Gasteiger partial charge is 0.293 e. The third-order valence-electron chi connectivity index (χ3n) is 1.93. The Hall–Kier alpha value is -0.590. The molecule has 0 aliphatic rings. The Labute approximate surface area is 70.2 Å². The van der Waals surface area contributed by atoms with E-state index in [1.54, 1.807) is 0 Å². The van der Waals surface area contributed by atoms with Gasteiger partial charge in [-0.25, -0.2) is 0 Å². The molecule has 11 heavy (non-hydrogen) atoms. The number of unbranched alkanes of at least 4 members (excludes halogenated alkanes) is 1. The lowest BCUT2D eigenvalue weighted by molar-refractivity contribution is 0.833. The van der Waals surface area contributed by atoms with E-state index in [2.05, 4.69) is 31.8 Å². The van der Waals surface area contributed by atoms with Crippen LogP contribution in [0.2, 0.25) is 0 Å². The van der Waals surface area contributed by atoms with Crippen molar-refractivity contribution in [1.29, 1.82) is 0 Å². The fourth-order valence-electron chi connectivity index (χ4n) is 0.996. The summed E-state index contributed by atoms with van der Waals surface area (Å²) < 4.78 is 0. The fraction of sp³-hybridized carbons (Fsp3) is 0.700. The van der Waals surface area contributed by atoms with Crippen molar-refractivity contribution in [2.24, 2.45) is 4.99 Å². The molecule has 1 nitrogen and oxygen atoms in total. The number of aliphatic imine (C=N–C) groups is 1. The molecular weight excluding hydrogens is 134 g/mol. The van der Waals surface area contributed by atoms with Gasteiger partial charge in [0.2, 0.25) is 0 Å². The molecule has 0 saturated heterocycles. The predicted molar refractivity (Wildman–Crippen MR) is 52.3 cm³/mol. The normalized spacial score (nSPS) is 13.8. The minimum absolute atomic E-state index is 1.13. The standard InChI is InChI=1S/C10H19N/c1-5-7-8-10(11-4)9(3)6-2/h6H,5,7-8H2,1-4H3/b9-6+,11-10?. The maximum atomic E-state index is 4.24. The summed E-state index contributed by atoms with van der Waals surface area (Å²) in [5.41, 5.74) is 2.58. The van der Waals surface area contributed by atoms with Gasteiger partial charge in [0.25, 0.3) is 0 Å². The number of hydrogen-bond acceptors (Lipinski definition) is 1. The van der Waals surface area contributed by atoms with Crippen LogP contribution in [0.15, 0.2) is 16.6 Å². The average Bonchev–Trinajstić information content (AvgIpc) is 2.05. The van der Waals surface area contributed by atoms with E-state index in [1.165, 1.54) is 24.1 Å². The average molecular weight is 153 g/mol. The maximum absolute atomic E-state index is 4.24. The first-order valence-corrected chi connectivity index (χ1v) is 4.35. The lowest BCUT2D eigenvalue weighted by Gasteiger charge is -2.03. The third kappa shape index (κ3) is 3.97. The van der Waals surface area contributed by atoms with Gasteiger partial charge >= 0.3 is 0 Å². The summed E-state index contributed by atoms with van der Waals surface area (Å²) in [6.45, 7) is 6.39. The Morgan fingerprint density at radius 3 is 2.45 bits per heavy atom. The van der Waals surface area contributed by atoms with Crippen LogP contribution in [0, 0.1) is 0 Å². The summed E-state index contributed by atoms with van der Waals surface area (Å²) in [4.78, 5) is 4.24. The Morgan fingerprint density at radius 1 is 1.45 bits per heavy atom. The van der Waals surface area contributed by atoms with Crippen LogP contribution in [-0.2, 0) is 0 Å². The summed E-state index contributed by atoms with van der Waals surface area (Å²) in [5.74, 6) is 0. The van der Waals surface area contributed by atoms with E-state index in [1.807, 2.05) is 7.05 Å². The van der Waals surface area contributed by atoms with Crippen LogP contribution in [0.25, 0.3) is 0 Å². The van der Waals surface area contributed by atoms with Crippen LogP contribution in [0.1, 0.15) is 40.0 Å². The molecule has 0 aromatic heterocycles. The van der Waals surface area contributed by atoms with Crippen molar-refractivity contribution in [1.82, 2.24) is 0 Å². The summed E-state index contributed by atoms with van der Waals surface area (Å²) in [5, 5.41) is 0. The lowest BCUT2D eigenvalue weighted by atomic mass is 10.1. The molecule has 0 bridgehead atoms. The highest BCUT2D eigenvalue weighted by atomic mass is 14.7. The monoisotopic (exact) mass is 153 g/mol. The predicted octanol–water partition coefficient (Wildman–Crippen LogP) is 3.21. The van der Waals surface area contributed by atoms with Gasteiger partial charge in [0, 0.05) is 12.8 Å². The third-order valence-corrected chi connectivity index (χ3v) is 1.93. The Bertz CT molecular complexity index is 154. The van der Waals surface area contributed by atoms with Gasteiger partial charge in [-0.05, 0) is 32.3 Å². The number of allylic oxidation sites excluding steroid dienone is 2. The number of nitrogens with zero attached hydrogens (tertiary/aromatic N) is 1. The van der Waals surface area contributed by atoms with Crippen LogP contribution in [0.5, 0.6) is 0 Å². The zero-order valence-corrected chi connectivity index (χ0v) is 8.15. The Balaban J connectivity index is 3.98. The second-order valence-corrected chi connectivity index (χ2v) is 2.75. The van der Waals surface area contributed by atoms with E-state index < -0.39 is 0 Å². The molecule has 1 heteroatoms. The van der Waals surface area contributed by atoms with Crippen molar-refractivity contribution < 1.29 is 0 Å². The van der Waals surface area contributed by atoms with Crippen molar-refractivity contribution in [3.63, 3.8) is 0 Å². The summed E-state index contributed by atoms with van der Waals surface area (Å²) >= 11 is 0. The molecule has 0 radical (unpaired) electrons. The summed E-state index contributed by atoms with van der Waals surface area (Å²) in [6, 6.07) is 0. The van der Waals surface area contributed by atoms with Gasteiger partial charge in [0.15, 0.2) is 0 Å². The Kier molecular flexibility index (Phi) is 5.81. The quantitative estimate of drug-likeness (QED) is 0.550. The van der Waals surface area contributed by atoms with Crippen LogP contribution >= 0.6 is 0 Å². The molecule has 0 fully saturated rings. The molecule has 0 N–H and O–H groups in total. The van der Waals surface area contributed by atoms with Crippen molar-refractivity contribution in [3.8, 4) is 0 Å². The van der Waals surface area contributed by atoms with Crippen LogP contribution < -0.4 is 0 Å². The van der Waals surface area contributed by atoms with Crippen LogP contribution in [0.3, 0.4) is 0 Å². The summed E-state index contributed by atoms with van der Waals surface area (Å²) in [7, 11) is 1.87. The van der Waals surface area contributed by atoms with Gasteiger partial charge in [-0.1, -0.05) is 19.4 Å². The fourth-order valence-corrected chi connectivity index (χ4v) is 0.996. The van der Waals surface area contributed by atoms with Gasteiger partial charge < -0.3 is 0 Å². The number of rotatable bonds is 4. The van der Waals surface area contributed by atoms with E-state index in [-0.39, 0.29) is 0 Å². The molecule has 0 rings (SSSR count). The van der Waals surface area contributed by atoms with Crippen molar-refractivity contribution in [2.45, 2.75) is 40.0 Å². The van der Waals surface area contributed by atoms with Gasteiger partial charge in [0.05, 0.1) is 0 Å². The highest BCUT2D eigenvalue weighted by Crippen LogP contribution is 2.05. The molecule has 0 heterocycles. The summed E-state index contributed by atoms with van der Waals surface area (Å²) in [6.07, 6.45) is 5.75. The minimum Gasteiger partial charge on any atom is -0.293 e. The molecule has 0 aliphatic heterocycles. The highest BCUT2D eigenvalue weighted by molar-refractivity contribution is 5.99. The van der Waals surface area contributed by atoms with E-state index in [0.29, 0.717) is 0 Å². The molecule has 0 aromatic carbocycles. The van der Waals surface area contributed by atoms with Gasteiger partial charge in [0.1, 0.15) is 0 Å². The Morgan fingerprint density at radius 2 is 2.09 bits per heavy atom. The van der Waals surface area contributed by atoms with Crippen molar-refractivity contribution in [2.75, 3.05) is 7.05 Å². The highest BCUT2D eigenvalue weighted by Gasteiger charge is 1.97. The minimum atomic E-state index is 1.13. The first-order chi connectivity index (χ1) is 5.26. The van der Waals surface area contributed by atoms with E-state index in [4.69, 9.17) is 0 Å². The van der Waals surface area contributed by atoms with Gasteiger partial charge in [-0.15, -0.1) is 0 Å². The SMILES string of the molecule is C/C=C(\C)C(CCCC)=NC. The zero-order valence-electron chi connectivity index (χ0n) is 8.15. The van der Waals surface area contributed by atoms with E-state index in [0.717, 1.165) is 6.42 Å². The molecule has 64 valence electrons. The molecule has 0 atom stereocenters. The lowest BCUT2D eigenvalue weighted by Crippen LogP contribution is -1.99. The molecule has 0 spiro atoms. The molecule has 0 unspecified atom stereocenters. The van der Waals surface area contributed by atoms with Crippen molar-refractivity contribution >= 4 is 5.71 Å². The van der Waals surface area contributed by atoms with Gasteiger partial charge in [-0.2, -0.15) is 0 Å². The number of hydrogen-bond donors (Lipinski definition) is 0. The maximum Gasteiger partial charge on any atom is 0.0370 e. The van der Waals surface area contributed by atoms with E-state index in [9.17, 15) is 0 Å².